The van der Waals surface area contributed by atoms with Crippen LogP contribution in [0.2, 0.25) is 0 Å². The van der Waals surface area contributed by atoms with Crippen LogP contribution in [0.5, 0.6) is 5.75 Å². The third-order valence-electron chi connectivity index (χ3n) is 3.23. The molecule has 1 heterocycles. The Morgan fingerprint density at radius 2 is 2.14 bits per heavy atom. The Labute approximate surface area is 134 Å². The smallest absolute Gasteiger partial charge is 0.255 e. The largest absolute Gasteiger partial charge is 0.496 e. The van der Waals surface area contributed by atoms with Gasteiger partial charge in [-0.2, -0.15) is 0 Å². The van der Waals surface area contributed by atoms with Crippen molar-refractivity contribution in [2.24, 2.45) is 7.05 Å². The molecule has 0 radical (unpaired) electrons. The Morgan fingerprint density at radius 1 is 1.41 bits per heavy atom. The van der Waals surface area contributed by atoms with Gasteiger partial charge in [-0.3, -0.25) is 4.79 Å². The topological polar surface area (TPSA) is 69.0 Å². The molecule has 1 aromatic heterocycles. The predicted octanol–water partition coefficient (Wildman–Crippen LogP) is 2.43. The van der Waals surface area contributed by atoms with Crippen molar-refractivity contribution in [3.63, 3.8) is 0 Å². The lowest BCUT2D eigenvalue weighted by atomic mass is 10.1. The number of carbonyl (C=O) groups is 1. The van der Waals surface area contributed by atoms with Crippen LogP contribution in [-0.4, -0.2) is 33.5 Å². The molecule has 1 atom stereocenters. The first-order chi connectivity index (χ1) is 10.6. The van der Waals surface area contributed by atoms with Gasteiger partial charge < -0.3 is 14.6 Å². The minimum Gasteiger partial charge on any atom is -0.496 e. The third kappa shape index (κ3) is 3.41. The van der Waals surface area contributed by atoms with Crippen molar-refractivity contribution in [1.29, 1.82) is 0 Å². The molecule has 2 rings (SSSR count). The average molecular weight is 320 g/mol. The summed E-state index contributed by atoms with van der Waals surface area (Å²) in [7, 11) is 3.45. The second-order valence-electron chi connectivity index (χ2n) is 4.73. The van der Waals surface area contributed by atoms with E-state index in [9.17, 15) is 4.79 Å². The molecule has 7 heteroatoms. The fourth-order valence-electron chi connectivity index (χ4n) is 2.13. The highest BCUT2D eigenvalue weighted by molar-refractivity contribution is 7.99. The van der Waals surface area contributed by atoms with Crippen LogP contribution in [0.25, 0.3) is 0 Å². The summed E-state index contributed by atoms with van der Waals surface area (Å²) >= 11 is 1.62. The number of nitrogens with one attached hydrogen (secondary N) is 1. The van der Waals surface area contributed by atoms with Crippen LogP contribution in [-0.2, 0) is 7.05 Å². The molecule has 0 bridgehead atoms. The highest BCUT2D eigenvalue weighted by Crippen LogP contribution is 2.21. The van der Waals surface area contributed by atoms with Crippen LogP contribution in [0.4, 0.5) is 0 Å². The SMILES string of the molecule is CCSc1nnc(C(C)NC(=O)c2ccccc2OC)n1C. The highest BCUT2D eigenvalue weighted by Gasteiger charge is 2.19. The van der Waals surface area contributed by atoms with Gasteiger partial charge >= 0.3 is 0 Å². The molecule has 1 unspecified atom stereocenters. The number of aromatic nitrogens is 3. The van der Waals surface area contributed by atoms with Gasteiger partial charge in [0.25, 0.3) is 5.91 Å². The molecule has 0 aliphatic carbocycles. The first-order valence-electron chi connectivity index (χ1n) is 7.04. The van der Waals surface area contributed by atoms with E-state index in [4.69, 9.17) is 4.74 Å². The summed E-state index contributed by atoms with van der Waals surface area (Å²) in [6, 6.07) is 6.88. The monoisotopic (exact) mass is 320 g/mol. The van der Waals surface area contributed by atoms with E-state index < -0.39 is 0 Å². The van der Waals surface area contributed by atoms with Crippen LogP contribution in [0.3, 0.4) is 0 Å². The van der Waals surface area contributed by atoms with E-state index in [2.05, 4.69) is 22.4 Å². The second kappa shape index (κ2) is 7.31. The number of ether oxygens (including phenoxy) is 1. The van der Waals surface area contributed by atoms with Gasteiger partial charge in [-0.25, -0.2) is 0 Å². The van der Waals surface area contributed by atoms with Crippen LogP contribution in [0.15, 0.2) is 29.4 Å². The van der Waals surface area contributed by atoms with Crippen LogP contribution in [0.1, 0.15) is 36.1 Å². The highest BCUT2D eigenvalue weighted by atomic mass is 32.2. The summed E-state index contributed by atoms with van der Waals surface area (Å²) < 4.78 is 7.12. The van der Waals surface area contributed by atoms with E-state index >= 15 is 0 Å². The summed E-state index contributed by atoms with van der Waals surface area (Å²) in [5, 5.41) is 12.1. The molecule has 0 spiro atoms. The van der Waals surface area contributed by atoms with Gasteiger partial charge in [0, 0.05) is 7.05 Å². The van der Waals surface area contributed by atoms with Gasteiger partial charge in [-0.05, 0) is 24.8 Å². The summed E-state index contributed by atoms with van der Waals surface area (Å²) in [6.07, 6.45) is 0. The number of rotatable bonds is 6. The number of hydrogen-bond donors (Lipinski definition) is 1. The molecule has 0 saturated carbocycles. The van der Waals surface area contributed by atoms with Crippen LogP contribution < -0.4 is 10.1 Å². The number of para-hydroxylation sites is 1. The Morgan fingerprint density at radius 3 is 2.82 bits per heavy atom. The van der Waals surface area contributed by atoms with Crippen molar-refractivity contribution in [2.75, 3.05) is 12.9 Å². The second-order valence-corrected chi connectivity index (χ2v) is 5.96. The molecule has 2 aromatic rings. The normalized spacial score (nSPS) is 12.0. The number of nitrogens with zero attached hydrogens (tertiary/aromatic N) is 3. The van der Waals surface area contributed by atoms with Gasteiger partial charge in [-0.15, -0.1) is 10.2 Å². The maximum Gasteiger partial charge on any atom is 0.255 e. The minimum atomic E-state index is -0.249. The minimum absolute atomic E-state index is 0.197. The lowest BCUT2D eigenvalue weighted by Crippen LogP contribution is -2.28. The maximum absolute atomic E-state index is 12.4. The first kappa shape index (κ1) is 16.4. The number of amides is 1. The molecule has 22 heavy (non-hydrogen) atoms. The summed E-state index contributed by atoms with van der Waals surface area (Å²) in [6.45, 7) is 3.95. The van der Waals surface area contributed by atoms with Gasteiger partial charge in [0.05, 0.1) is 18.7 Å². The fraction of sp³-hybridized carbons (Fsp3) is 0.400. The standard InChI is InChI=1S/C15H20N4O2S/c1-5-22-15-18-17-13(19(15)3)10(2)16-14(20)11-8-6-7-9-12(11)21-4/h6-10H,5H2,1-4H3,(H,16,20). The van der Waals surface area contributed by atoms with Crippen molar-refractivity contribution in [1.82, 2.24) is 20.1 Å². The van der Waals surface area contributed by atoms with E-state index in [1.54, 1.807) is 37.1 Å². The molecule has 0 saturated heterocycles. The number of hydrogen-bond acceptors (Lipinski definition) is 5. The van der Waals surface area contributed by atoms with E-state index in [1.165, 1.54) is 0 Å². The van der Waals surface area contributed by atoms with E-state index in [1.807, 2.05) is 24.6 Å². The molecular weight excluding hydrogens is 300 g/mol. The zero-order valence-electron chi connectivity index (χ0n) is 13.2. The number of carbonyl (C=O) groups excluding carboxylic acids is 1. The Kier molecular flexibility index (Phi) is 5.43. The molecule has 0 fully saturated rings. The molecular formula is C15H20N4O2S. The van der Waals surface area contributed by atoms with Gasteiger partial charge in [0.2, 0.25) is 0 Å². The first-order valence-corrected chi connectivity index (χ1v) is 8.03. The third-order valence-corrected chi connectivity index (χ3v) is 4.13. The molecule has 1 N–H and O–H groups in total. The zero-order valence-corrected chi connectivity index (χ0v) is 14.0. The molecule has 1 amide bonds. The van der Waals surface area contributed by atoms with Crippen LogP contribution in [0, 0.1) is 0 Å². The van der Waals surface area contributed by atoms with Crippen molar-refractivity contribution in [2.45, 2.75) is 25.0 Å². The lowest BCUT2D eigenvalue weighted by Gasteiger charge is -2.15. The van der Waals surface area contributed by atoms with Gasteiger partial charge in [0.1, 0.15) is 5.75 Å². The van der Waals surface area contributed by atoms with Crippen molar-refractivity contribution >= 4 is 17.7 Å². The summed E-state index contributed by atoms with van der Waals surface area (Å²) in [5.74, 6) is 2.00. The number of thioether (sulfide) groups is 1. The Hall–Kier alpha value is -2.02. The van der Waals surface area contributed by atoms with Crippen LogP contribution >= 0.6 is 11.8 Å². The van der Waals surface area contributed by atoms with Crippen molar-refractivity contribution in [3.8, 4) is 5.75 Å². The maximum atomic E-state index is 12.4. The van der Waals surface area contributed by atoms with E-state index in [0.29, 0.717) is 11.3 Å². The Balaban J connectivity index is 2.14. The van der Waals surface area contributed by atoms with Gasteiger partial charge in [-0.1, -0.05) is 30.8 Å². The zero-order chi connectivity index (χ0) is 16.1. The van der Waals surface area contributed by atoms with Crippen molar-refractivity contribution in [3.05, 3.63) is 35.7 Å². The number of methoxy groups -OCH3 is 1. The predicted molar refractivity (Wildman–Crippen MR) is 86.3 cm³/mol. The quantitative estimate of drug-likeness (QED) is 0.828. The average Bonchev–Trinajstić information content (AvgIpc) is 2.88. The number of benzene rings is 1. The summed E-state index contributed by atoms with van der Waals surface area (Å²) in [5.41, 5.74) is 0.502. The Bertz CT molecular complexity index is 657. The lowest BCUT2D eigenvalue weighted by molar-refractivity contribution is 0.0934. The molecule has 1 aromatic carbocycles. The molecule has 6 nitrogen and oxygen atoms in total. The summed E-state index contributed by atoms with van der Waals surface area (Å²) in [4.78, 5) is 12.4. The van der Waals surface area contributed by atoms with Crippen molar-refractivity contribution < 1.29 is 9.53 Å². The molecule has 118 valence electrons. The van der Waals surface area contributed by atoms with E-state index in [-0.39, 0.29) is 11.9 Å². The van der Waals surface area contributed by atoms with Gasteiger partial charge in [0.15, 0.2) is 11.0 Å². The van der Waals surface area contributed by atoms with E-state index in [0.717, 1.165) is 16.7 Å². The fourth-order valence-corrected chi connectivity index (χ4v) is 2.77. The molecule has 0 aliphatic rings. The molecule has 0 aliphatic heterocycles.